The van der Waals surface area contributed by atoms with Gasteiger partial charge in [0.2, 0.25) is 0 Å². The molecule has 15 heavy (non-hydrogen) atoms. The number of rotatable bonds is 5. The Morgan fingerprint density at radius 2 is 2.27 bits per heavy atom. The van der Waals surface area contributed by atoms with Crippen LogP contribution in [0.25, 0.3) is 0 Å². The zero-order valence-corrected chi connectivity index (χ0v) is 10.3. The fourth-order valence-corrected chi connectivity index (χ4v) is 3.16. The number of aromatic nitrogens is 2. The summed E-state index contributed by atoms with van der Waals surface area (Å²) in [5, 5.41) is 9.65. The van der Waals surface area contributed by atoms with Gasteiger partial charge in [-0.2, -0.15) is 0 Å². The van der Waals surface area contributed by atoms with Gasteiger partial charge in [0.05, 0.1) is 24.3 Å². The third-order valence-corrected chi connectivity index (χ3v) is 4.14. The molecule has 0 saturated carbocycles. The molecule has 0 aliphatic carbocycles. The number of hydrogen-bond donors (Lipinski definition) is 1. The Hall–Kier alpha value is -0.530. The van der Waals surface area contributed by atoms with Crippen LogP contribution in [0, 0.1) is 0 Å². The molecule has 1 aromatic rings. The second-order valence-corrected chi connectivity index (χ2v) is 6.55. The average molecular weight is 250 g/mol. The monoisotopic (exact) mass is 250 g/mol. The molecule has 0 atom stereocenters. The lowest BCUT2D eigenvalue weighted by atomic mass is 10.5. The van der Waals surface area contributed by atoms with Gasteiger partial charge in [0.25, 0.3) is 0 Å². The van der Waals surface area contributed by atoms with Crippen LogP contribution in [0.1, 0.15) is 5.69 Å². The molecule has 86 valence electrons. The van der Waals surface area contributed by atoms with Crippen LogP contribution in [-0.4, -0.2) is 40.8 Å². The van der Waals surface area contributed by atoms with Crippen molar-refractivity contribution in [3.05, 3.63) is 11.9 Å². The molecule has 0 amide bonds. The molecule has 0 aromatic carbocycles. The highest BCUT2D eigenvalue weighted by Crippen LogP contribution is 2.17. The highest BCUT2D eigenvalue weighted by molar-refractivity contribution is 8.00. The summed E-state index contributed by atoms with van der Waals surface area (Å²) in [6, 6.07) is 0. The number of hydrogen-bond acceptors (Lipinski definition) is 5. The van der Waals surface area contributed by atoms with Gasteiger partial charge in [0.15, 0.2) is 5.16 Å². The van der Waals surface area contributed by atoms with Crippen LogP contribution in [0.2, 0.25) is 0 Å². The van der Waals surface area contributed by atoms with Gasteiger partial charge in [0.1, 0.15) is 9.84 Å². The Morgan fingerprint density at radius 1 is 1.60 bits per heavy atom. The van der Waals surface area contributed by atoms with E-state index in [-0.39, 0.29) is 12.4 Å². The van der Waals surface area contributed by atoms with E-state index in [1.54, 1.807) is 17.8 Å². The maximum atomic E-state index is 10.9. The maximum Gasteiger partial charge on any atom is 0.167 e. The predicted molar refractivity (Wildman–Crippen MR) is 59.6 cm³/mol. The van der Waals surface area contributed by atoms with Crippen LogP contribution in [0.4, 0.5) is 0 Å². The molecule has 7 heteroatoms. The van der Waals surface area contributed by atoms with Crippen LogP contribution in [0.15, 0.2) is 11.4 Å². The van der Waals surface area contributed by atoms with Crippen molar-refractivity contribution in [3.63, 3.8) is 0 Å². The van der Waals surface area contributed by atoms with Crippen LogP contribution < -0.4 is 0 Å². The van der Waals surface area contributed by atoms with E-state index < -0.39 is 9.84 Å². The van der Waals surface area contributed by atoms with Crippen molar-refractivity contribution < 1.29 is 13.5 Å². The number of sulfone groups is 1. The molecule has 0 spiro atoms. The summed E-state index contributed by atoms with van der Waals surface area (Å²) in [6.07, 6.45) is 2.80. The lowest BCUT2D eigenvalue weighted by Crippen LogP contribution is -2.06. The molecule has 0 unspecified atom stereocenters. The Bertz CT molecular complexity index is 425. The number of thioether (sulfide) groups is 1. The number of imidazole rings is 1. The molecule has 1 rings (SSSR count). The summed E-state index contributed by atoms with van der Waals surface area (Å²) in [6.45, 7) is -0.0594. The Morgan fingerprint density at radius 3 is 2.73 bits per heavy atom. The summed E-state index contributed by atoms with van der Waals surface area (Å²) < 4.78 is 23.5. The quantitative estimate of drug-likeness (QED) is 0.748. The van der Waals surface area contributed by atoms with Crippen LogP contribution in [0.5, 0.6) is 0 Å². The Balaban J connectivity index is 2.55. The van der Waals surface area contributed by atoms with Crippen molar-refractivity contribution >= 4 is 21.6 Å². The molecule has 0 bridgehead atoms. The second kappa shape index (κ2) is 5.00. The Kier molecular flexibility index (Phi) is 4.18. The van der Waals surface area contributed by atoms with Gasteiger partial charge in [-0.15, -0.1) is 0 Å². The third-order valence-electron chi connectivity index (χ3n) is 1.89. The molecule has 1 heterocycles. The molecule has 0 aliphatic rings. The third kappa shape index (κ3) is 3.84. The van der Waals surface area contributed by atoms with E-state index in [1.165, 1.54) is 18.0 Å². The first-order chi connectivity index (χ1) is 6.94. The highest BCUT2D eigenvalue weighted by Gasteiger charge is 2.08. The second-order valence-electron chi connectivity index (χ2n) is 3.23. The molecular weight excluding hydrogens is 236 g/mol. The highest BCUT2D eigenvalue weighted by atomic mass is 32.2. The Labute approximate surface area is 93.4 Å². The summed E-state index contributed by atoms with van der Waals surface area (Å²) in [5.41, 5.74) is 0.719. The van der Waals surface area contributed by atoms with E-state index in [1.807, 2.05) is 0 Å². The van der Waals surface area contributed by atoms with Gasteiger partial charge < -0.3 is 9.67 Å². The first-order valence-corrected chi connectivity index (χ1v) is 7.40. The molecule has 0 aliphatic heterocycles. The van der Waals surface area contributed by atoms with Crippen LogP contribution in [0.3, 0.4) is 0 Å². The lowest BCUT2D eigenvalue weighted by molar-refractivity contribution is 0.271. The van der Waals surface area contributed by atoms with E-state index in [4.69, 9.17) is 5.11 Å². The van der Waals surface area contributed by atoms with Gasteiger partial charge in [-0.05, 0) is 0 Å². The van der Waals surface area contributed by atoms with E-state index >= 15 is 0 Å². The molecular formula is C8H14N2O3S2. The fourth-order valence-electron chi connectivity index (χ4n) is 0.991. The van der Waals surface area contributed by atoms with Crippen molar-refractivity contribution in [2.75, 3.05) is 17.8 Å². The van der Waals surface area contributed by atoms with Gasteiger partial charge >= 0.3 is 0 Å². The van der Waals surface area contributed by atoms with E-state index in [2.05, 4.69) is 4.98 Å². The van der Waals surface area contributed by atoms with Gasteiger partial charge in [-0.1, -0.05) is 11.8 Å². The normalized spacial score (nSPS) is 11.9. The molecule has 1 aromatic heterocycles. The van der Waals surface area contributed by atoms with E-state index in [9.17, 15) is 8.42 Å². The van der Waals surface area contributed by atoms with Crippen LogP contribution >= 0.6 is 11.8 Å². The molecule has 0 fully saturated rings. The lowest BCUT2D eigenvalue weighted by Gasteiger charge is -2.02. The minimum absolute atomic E-state index is 0.0594. The van der Waals surface area contributed by atoms with Gasteiger partial charge in [-0.3, -0.25) is 0 Å². The zero-order chi connectivity index (χ0) is 11.5. The topological polar surface area (TPSA) is 72.2 Å². The first kappa shape index (κ1) is 12.5. The van der Waals surface area contributed by atoms with Crippen molar-refractivity contribution in [1.29, 1.82) is 0 Å². The SMILES string of the molecule is Cn1c(CO)cnc1SCCS(C)(=O)=O. The number of nitrogens with zero attached hydrogens (tertiary/aromatic N) is 2. The zero-order valence-electron chi connectivity index (χ0n) is 8.67. The molecule has 1 N–H and O–H groups in total. The first-order valence-electron chi connectivity index (χ1n) is 4.36. The van der Waals surface area contributed by atoms with E-state index in [0.29, 0.717) is 5.75 Å². The summed E-state index contributed by atoms with van der Waals surface area (Å²) in [5.74, 6) is 0.619. The minimum atomic E-state index is -2.91. The molecule has 0 radical (unpaired) electrons. The minimum Gasteiger partial charge on any atom is -0.390 e. The molecule has 0 saturated heterocycles. The molecule has 5 nitrogen and oxygen atoms in total. The average Bonchev–Trinajstić information content (AvgIpc) is 2.46. The summed E-state index contributed by atoms with van der Waals surface area (Å²) in [4.78, 5) is 4.08. The standard InChI is InChI=1S/C8H14N2O3S2/c1-10-7(6-11)5-9-8(10)14-3-4-15(2,12)13/h5,11H,3-4,6H2,1-2H3. The predicted octanol–water partition coefficient (Wildman–Crippen LogP) is 0.0491. The van der Waals surface area contributed by atoms with Crippen molar-refractivity contribution in [3.8, 4) is 0 Å². The van der Waals surface area contributed by atoms with Gasteiger partial charge in [0, 0.05) is 19.1 Å². The maximum absolute atomic E-state index is 10.9. The summed E-state index contributed by atoms with van der Waals surface area (Å²) >= 11 is 1.37. The van der Waals surface area contributed by atoms with Crippen molar-refractivity contribution in [1.82, 2.24) is 9.55 Å². The number of aliphatic hydroxyl groups excluding tert-OH is 1. The number of aliphatic hydroxyl groups is 1. The largest absolute Gasteiger partial charge is 0.390 e. The van der Waals surface area contributed by atoms with Crippen LogP contribution in [-0.2, 0) is 23.5 Å². The summed E-state index contributed by atoms with van der Waals surface area (Å²) in [7, 11) is -1.12. The smallest absolute Gasteiger partial charge is 0.167 e. The van der Waals surface area contributed by atoms with Gasteiger partial charge in [-0.25, -0.2) is 13.4 Å². The van der Waals surface area contributed by atoms with Crippen molar-refractivity contribution in [2.45, 2.75) is 11.8 Å². The fraction of sp³-hybridized carbons (Fsp3) is 0.625. The van der Waals surface area contributed by atoms with E-state index in [0.717, 1.165) is 10.9 Å². The van der Waals surface area contributed by atoms with Crippen molar-refractivity contribution in [2.24, 2.45) is 7.05 Å².